The molecule has 0 bridgehead atoms. The number of carbonyl (C=O) groups is 1. The van der Waals surface area contributed by atoms with E-state index >= 15 is 0 Å². The molecule has 0 heterocycles. The Morgan fingerprint density at radius 3 is 2.39 bits per heavy atom. The highest BCUT2D eigenvalue weighted by Gasteiger charge is 2.23. The van der Waals surface area contributed by atoms with Crippen LogP contribution in [0.1, 0.15) is 36.0 Å². The number of rotatable bonds is 2. The molecule has 1 amide bonds. The number of benzene rings is 1. The van der Waals surface area contributed by atoms with Crippen molar-refractivity contribution in [3.05, 3.63) is 33.8 Å². The van der Waals surface area contributed by atoms with Crippen molar-refractivity contribution in [3.63, 3.8) is 0 Å². The predicted molar refractivity (Wildman–Crippen MR) is 74.2 cm³/mol. The second-order valence-electron chi connectivity index (χ2n) is 4.69. The van der Waals surface area contributed by atoms with E-state index in [0.717, 1.165) is 25.7 Å². The third-order valence-corrected chi connectivity index (χ3v) is 3.70. The maximum Gasteiger partial charge on any atom is 0.251 e. The van der Waals surface area contributed by atoms with Crippen molar-refractivity contribution in [2.45, 2.75) is 37.8 Å². The maximum atomic E-state index is 12.1. The Bertz CT molecular complexity index is 430. The maximum absolute atomic E-state index is 12.1. The molecule has 2 atom stereocenters. The number of amides is 1. The fourth-order valence-electron chi connectivity index (χ4n) is 2.28. The van der Waals surface area contributed by atoms with Gasteiger partial charge in [-0.2, -0.15) is 0 Å². The van der Waals surface area contributed by atoms with Crippen LogP contribution in [0, 0.1) is 0 Å². The van der Waals surface area contributed by atoms with Gasteiger partial charge in [-0.15, -0.1) is 0 Å². The molecule has 0 spiro atoms. The van der Waals surface area contributed by atoms with Gasteiger partial charge in [-0.05, 0) is 31.0 Å². The molecule has 3 N–H and O–H groups in total. The monoisotopic (exact) mass is 286 g/mol. The summed E-state index contributed by atoms with van der Waals surface area (Å²) in [6.07, 6.45) is 4.13. The predicted octanol–water partition coefficient (Wildman–Crippen LogP) is 2.99. The molecule has 1 aromatic rings. The summed E-state index contributed by atoms with van der Waals surface area (Å²) in [7, 11) is 0. The molecule has 0 unspecified atom stereocenters. The van der Waals surface area contributed by atoms with Crippen LogP contribution in [0.5, 0.6) is 0 Å². The standard InChI is InChI=1S/C13H16Cl2N2O/c14-9-5-8(6-10(15)7-9)13(18)17-12-4-2-1-3-11(12)16/h5-7,11-12H,1-4,16H2,(H,17,18)/t11-,12-/m1/s1. The summed E-state index contributed by atoms with van der Waals surface area (Å²) in [5, 5.41) is 3.88. The van der Waals surface area contributed by atoms with Gasteiger partial charge in [0.2, 0.25) is 0 Å². The van der Waals surface area contributed by atoms with Gasteiger partial charge in [0.25, 0.3) is 5.91 Å². The Balaban J connectivity index is 2.06. The van der Waals surface area contributed by atoms with Gasteiger partial charge >= 0.3 is 0 Å². The quantitative estimate of drug-likeness (QED) is 0.878. The van der Waals surface area contributed by atoms with Gasteiger partial charge in [0.05, 0.1) is 0 Å². The zero-order valence-electron chi connectivity index (χ0n) is 9.96. The molecule has 18 heavy (non-hydrogen) atoms. The molecule has 5 heteroatoms. The molecule has 0 saturated heterocycles. The lowest BCUT2D eigenvalue weighted by Gasteiger charge is -2.29. The van der Waals surface area contributed by atoms with Crippen LogP contribution in [0.2, 0.25) is 10.0 Å². The summed E-state index contributed by atoms with van der Waals surface area (Å²) in [5.74, 6) is -0.165. The Kier molecular flexibility index (Phi) is 4.49. The van der Waals surface area contributed by atoms with Gasteiger partial charge in [-0.25, -0.2) is 0 Å². The molecule has 3 nitrogen and oxygen atoms in total. The lowest BCUT2D eigenvalue weighted by atomic mass is 9.91. The minimum absolute atomic E-state index is 0.0392. The third-order valence-electron chi connectivity index (χ3n) is 3.26. The topological polar surface area (TPSA) is 55.1 Å². The molecular weight excluding hydrogens is 271 g/mol. The van der Waals surface area contributed by atoms with Crippen LogP contribution in [-0.2, 0) is 0 Å². The summed E-state index contributed by atoms with van der Waals surface area (Å²) < 4.78 is 0. The fourth-order valence-corrected chi connectivity index (χ4v) is 2.80. The summed E-state index contributed by atoms with van der Waals surface area (Å²) in [6, 6.07) is 4.90. The van der Waals surface area contributed by atoms with E-state index < -0.39 is 0 Å². The summed E-state index contributed by atoms with van der Waals surface area (Å²) in [4.78, 5) is 12.1. The molecule has 0 aliphatic heterocycles. The normalized spacial score (nSPS) is 23.7. The Labute approximate surface area is 117 Å². The van der Waals surface area contributed by atoms with E-state index in [1.807, 2.05) is 0 Å². The molecule has 1 saturated carbocycles. The molecule has 1 fully saturated rings. The van der Waals surface area contributed by atoms with E-state index in [9.17, 15) is 4.79 Å². The van der Waals surface area contributed by atoms with E-state index in [0.29, 0.717) is 15.6 Å². The van der Waals surface area contributed by atoms with E-state index in [-0.39, 0.29) is 18.0 Å². The van der Waals surface area contributed by atoms with E-state index in [1.54, 1.807) is 18.2 Å². The van der Waals surface area contributed by atoms with Crippen LogP contribution in [0.15, 0.2) is 18.2 Å². The van der Waals surface area contributed by atoms with E-state index in [1.165, 1.54) is 0 Å². The molecule has 0 radical (unpaired) electrons. The molecule has 0 aromatic heterocycles. The molecule has 1 aromatic carbocycles. The third kappa shape index (κ3) is 3.37. The zero-order valence-corrected chi connectivity index (χ0v) is 11.5. The van der Waals surface area contributed by atoms with Crippen molar-refractivity contribution in [1.29, 1.82) is 0 Å². The Hall–Kier alpha value is -0.770. The lowest BCUT2D eigenvalue weighted by Crippen LogP contribution is -2.49. The van der Waals surface area contributed by atoms with Gasteiger partial charge in [-0.1, -0.05) is 36.0 Å². The van der Waals surface area contributed by atoms with Gasteiger partial charge < -0.3 is 11.1 Å². The largest absolute Gasteiger partial charge is 0.348 e. The minimum Gasteiger partial charge on any atom is -0.348 e. The van der Waals surface area contributed by atoms with Gasteiger partial charge in [0.15, 0.2) is 0 Å². The number of hydrogen-bond acceptors (Lipinski definition) is 2. The molecule has 1 aliphatic rings. The highest BCUT2D eigenvalue weighted by molar-refractivity contribution is 6.35. The average molecular weight is 287 g/mol. The number of nitrogens with two attached hydrogens (primary N) is 1. The van der Waals surface area contributed by atoms with E-state index in [4.69, 9.17) is 28.9 Å². The summed E-state index contributed by atoms with van der Waals surface area (Å²) in [5.41, 5.74) is 6.48. The summed E-state index contributed by atoms with van der Waals surface area (Å²) in [6.45, 7) is 0. The minimum atomic E-state index is -0.165. The van der Waals surface area contributed by atoms with Crippen LogP contribution < -0.4 is 11.1 Å². The number of halogens is 2. The highest BCUT2D eigenvalue weighted by atomic mass is 35.5. The van der Waals surface area contributed by atoms with Crippen LogP contribution in [0.4, 0.5) is 0 Å². The first kappa shape index (κ1) is 13.7. The first-order valence-electron chi connectivity index (χ1n) is 6.09. The molecule has 2 rings (SSSR count). The number of carbonyl (C=O) groups excluding carboxylic acids is 1. The van der Waals surface area contributed by atoms with Crippen LogP contribution >= 0.6 is 23.2 Å². The van der Waals surface area contributed by atoms with Crippen molar-refractivity contribution < 1.29 is 4.79 Å². The van der Waals surface area contributed by atoms with Crippen molar-refractivity contribution in [3.8, 4) is 0 Å². The lowest BCUT2D eigenvalue weighted by molar-refractivity contribution is 0.0921. The average Bonchev–Trinajstić information content (AvgIpc) is 2.31. The molecule has 98 valence electrons. The van der Waals surface area contributed by atoms with Crippen molar-refractivity contribution in [1.82, 2.24) is 5.32 Å². The number of nitrogens with one attached hydrogen (secondary N) is 1. The zero-order chi connectivity index (χ0) is 13.1. The number of hydrogen-bond donors (Lipinski definition) is 2. The smallest absolute Gasteiger partial charge is 0.251 e. The van der Waals surface area contributed by atoms with Crippen molar-refractivity contribution in [2.24, 2.45) is 5.73 Å². The fraction of sp³-hybridized carbons (Fsp3) is 0.462. The molecular formula is C13H16Cl2N2O. The Morgan fingerprint density at radius 1 is 1.17 bits per heavy atom. The second kappa shape index (κ2) is 5.91. The van der Waals surface area contributed by atoms with E-state index in [2.05, 4.69) is 5.32 Å². The van der Waals surface area contributed by atoms with Crippen molar-refractivity contribution in [2.75, 3.05) is 0 Å². The van der Waals surface area contributed by atoms with Crippen LogP contribution in [0.25, 0.3) is 0 Å². The van der Waals surface area contributed by atoms with Crippen LogP contribution in [0.3, 0.4) is 0 Å². The SMILES string of the molecule is N[C@@H]1CCCC[C@H]1NC(=O)c1cc(Cl)cc(Cl)c1. The van der Waals surface area contributed by atoms with Crippen LogP contribution in [-0.4, -0.2) is 18.0 Å². The van der Waals surface area contributed by atoms with Gasteiger partial charge in [0.1, 0.15) is 0 Å². The first-order valence-corrected chi connectivity index (χ1v) is 6.84. The highest BCUT2D eigenvalue weighted by Crippen LogP contribution is 2.21. The van der Waals surface area contributed by atoms with Crippen molar-refractivity contribution >= 4 is 29.1 Å². The molecule has 1 aliphatic carbocycles. The van der Waals surface area contributed by atoms with Gasteiger partial charge in [-0.3, -0.25) is 4.79 Å². The van der Waals surface area contributed by atoms with Gasteiger partial charge in [0, 0.05) is 27.7 Å². The second-order valence-corrected chi connectivity index (χ2v) is 5.56. The summed E-state index contributed by atoms with van der Waals surface area (Å²) >= 11 is 11.8. The first-order chi connectivity index (χ1) is 8.56. The Morgan fingerprint density at radius 2 is 1.78 bits per heavy atom.